The molecule has 0 unspecified atom stereocenters. The number of hydrogen-bond donors (Lipinski definition) is 0. The van der Waals surface area contributed by atoms with Gasteiger partial charge in [0, 0.05) is 13.1 Å². The summed E-state index contributed by atoms with van der Waals surface area (Å²) in [6.07, 6.45) is 0.610. The van der Waals surface area contributed by atoms with Gasteiger partial charge in [-0.2, -0.15) is 4.31 Å². The van der Waals surface area contributed by atoms with E-state index in [0.717, 1.165) is 22.3 Å². The van der Waals surface area contributed by atoms with Crippen LogP contribution in [-0.2, 0) is 19.9 Å². The van der Waals surface area contributed by atoms with E-state index in [2.05, 4.69) is 0 Å². The van der Waals surface area contributed by atoms with Gasteiger partial charge in [-0.25, -0.2) is 16.8 Å². The van der Waals surface area contributed by atoms with Gasteiger partial charge in [-0.05, 0) is 74.9 Å². The Kier molecular flexibility index (Phi) is 5.71. The molecule has 2 aromatic carbocycles. The van der Waals surface area contributed by atoms with Crippen molar-refractivity contribution in [3.05, 3.63) is 58.7 Å². The van der Waals surface area contributed by atoms with Gasteiger partial charge in [-0.3, -0.25) is 0 Å². The summed E-state index contributed by atoms with van der Waals surface area (Å²) in [7, 11) is -7.11. The second-order valence-corrected chi connectivity index (χ2v) is 11.7. The van der Waals surface area contributed by atoms with Gasteiger partial charge in [0.15, 0.2) is 9.84 Å². The van der Waals surface area contributed by atoms with Crippen LogP contribution < -0.4 is 0 Å². The number of rotatable bonds is 4. The predicted molar refractivity (Wildman–Crippen MR) is 111 cm³/mol. The number of sulfone groups is 1. The Morgan fingerprint density at radius 2 is 1.32 bits per heavy atom. The first kappa shape index (κ1) is 21.0. The fraction of sp³-hybridized carbons (Fsp3) is 0.429. The average Bonchev–Trinajstić information content (AvgIpc) is 2.67. The molecule has 0 spiro atoms. The third kappa shape index (κ3) is 3.63. The monoisotopic (exact) mass is 421 g/mol. The molecule has 0 amide bonds. The van der Waals surface area contributed by atoms with Crippen molar-refractivity contribution in [3.63, 3.8) is 0 Å². The standard InChI is InChI=1S/C21H27NO4S2/c1-15-14-16(2)18(4)21(17(15)3)28(25,26)22-12-10-20(11-13-22)27(23,24)19-8-6-5-7-9-19/h5-9,14,20H,10-13H2,1-4H3. The predicted octanol–water partition coefficient (Wildman–Crippen LogP) is 3.55. The summed E-state index contributed by atoms with van der Waals surface area (Å²) in [5, 5.41) is -0.553. The first-order chi connectivity index (χ1) is 13.1. The molecule has 2 aromatic rings. The lowest BCUT2D eigenvalue weighted by molar-refractivity contribution is 0.345. The normalized spacial score (nSPS) is 17.0. The van der Waals surface area contributed by atoms with Crippen LogP contribution in [0.2, 0.25) is 0 Å². The van der Waals surface area contributed by atoms with Gasteiger partial charge in [0.25, 0.3) is 0 Å². The molecule has 0 saturated carbocycles. The van der Waals surface area contributed by atoms with E-state index in [1.165, 1.54) is 4.31 Å². The molecule has 0 radical (unpaired) electrons. The Hall–Kier alpha value is -1.70. The topological polar surface area (TPSA) is 71.5 Å². The Morgan fingerprint density at radius 3 is 1.82 bits per heavy atom. The Morgan fingerprint density at radius 1 is 0.821 bits per heavy atom. The van der Waals surface area contributed by atoms with Crippen molar-refractivity contribution in [3.8, 4) is 0 Å². The molecule has 7 heteroatoms. The molecule has 28 heavy (non-hydrogen) atoms. The van der Waals surface area contributed by atoms with Crippen LogP contribution in [0.4, 0.5) is 0 Å². The van der Waals surface area contributed by atoms with E-state index >= 15 is 0 Å². The lowest BCUT2D eigenvalue weighted by Crippen LogP contribution is -2.42. The van der Waals surface area contributed by atoms with E-state index in [-0.39, 0.29) is 13.1 Å². The molecule has 0 bridgehead atoms. The van der Waals surface area contributed by atoms with Crippen molar-refractivity contribution in [1.82, 2.24) is 4.31 Å². The summed E-state index contributed by atoms with van der Waals surface area (Å²) in [6, 6.07) is 10.4. The van der Waals surface area contributed by atoms with Crippen molar-refractivity contribution >= 4 is 19.9 Å². The van der Waals surface area contributed by atoms with Gasteiger partial charge in [0.1, 0.15) is 0 Å². The highest BCUT2D eigenvalue weighted by atomic mass is 32.2. The van der Waals surface area contributed by atoms with Gasteiger partial charge in [0.2, 0.25) is 10.0 Å². The maximum atomic E-state index is 13.3. The largest absolute Gasteiger partial charge is 0.243 e. The van der Waals surface area contributed by atoms with Crippen LogP contribution in [0.3, 0.4) is 0 Å². The van der Waals surface area contributed by atoms with Crippen LogP contribution in [0, 0.1) is 27.7 Å². The minimum Gasteiger partial charge on any atom is -0.223 e. The van der Waals surface area contributed by atoms with E-state index in [9.17, 15) is 16.8 Å². The third-order valence-corrected chi connectivity index (χ3v) is 10.3. The van der Waals surface area contributed by atoms with Crippen LogP contribution in [0.15, 0.2) is 46.2 Å². The molecule has 0 aliphatic carbocycles. The molecule has 0 N–H and O–H groups in total. The molecule has 1 saturated heterocycles. The minimum atomic E-state index is -3.66. The van der Waals surface area contributed by atoms with E-state index in [4.69, 9.17) is 0 Å². The number of aryl methyl sites for hydroxylation is 2. The average molecular weight is 422 g/mol. The summed E-state index contributed by atoms with van der Waals surface area (Å²) < 4.78 is 53.8. The molecule has 1 aliphatic rings. The van der Waals surface area contributed by atoms with E-state index in [1.54, 1.807) is 30.3 Å². The minimum absolute atomic E-state index is 0.213. The number of nitrogens with zero attached hydrogens (tertiary/aromatic N) is 1. The molecular weight excluding hydrogens is 394 g/mol. The number of benzene rings is 2. The van der Waals surface area contributed by atoms with Crippen LogP contribution >= 0.6 is 0 Å². The number of piperidine rings is 1. The fourth-order valence-electron chi connectivity index (χ4n) is 3.88. The quantitative estimate of drug-likeness (QED) is 0.757. The molecule has 0 atom stereocenters. The zero-order valence-corrected chi connectivity index (χ0v) is 18.4. The molecule has 5 nitrogen and oxygen atoms in total. The first-order valence-electron chi connectivity index (χ1n) is 9.43. The van der Waals surface area contributed by atoms with Crippen LogP contribution in [-0.4, -0.2) is 39.5 Å². The number of hydrogen-bond acceptors (Lipinski definition) is 4. The van der Waals surface area contributed by atoms with Gasteiger partial charge >= 0.3 is 0 Å². The highest BCUT2D eigenvalue weighted by Gasteiger charge is 2.37. The summed E-state index contributed by atoms with van der Waals surface area (Å²) in [5.41, 5.74) is 3.43. The second-order valence-electron chi connectivity index (χ2n) is 7.55. The van der Waals surface area contributed by atoms with Gasteiger partial charge in [0.05, 0.1) is 15.0 Å². The molecule has 1 fully saturated rings. The van der Waals surface area contributed by atoms with Crippen molar-refractivity contribution in [2.45, 2.75) is 55.6 Å². The highest BCUT2D eigenvalue weighted by Crippen LogP contribution is 2.32. The first-order valence-corrected chi connectivity index (χ1v) is 12.4. The van der Waals surface area contributed by atoms with Crippen LogP contribution in [0.1, 0.15) is 35.1 Å². The van der Waals surface area contributed by atoms with Crippen molar-refractivity contribution < 1.29 is 16.8 Å². The Labute approximate surface area is 168 Å². The van der Waals surface area contributed by atoms with E-state index in [1.807, 2.05) is 33.8 Å². The molecular formula is C21H27NO4S2. The SMILES string of the molecule is Cc1cc(C)c(C)c(S(=O)(=O)N2CCC(S(=O)(=O)c3ccccc3)CC2)c1C. The second kappa shape index (κ2) is 7.61. The third-order valence-electron chi connectivity index (χ3n) is 5.81. The summed E-state index contributed by atoms with van der Waals surface area (Å²) in [6.45, 7) is 7.93. The van der Waals surface area contributed by atoms with E-state index < -0.39 is 25.1 Å². The van der Waals surface area contributed by atoms with Crippen LogP contribution in [0.25, 0.3) is 0 Å². The molecule has 1 heterocycles. The maximum absolute atomic E-state index is 13.3. The zero-order chi connectivity index (χ0) is 20.7. The number of sulfonamides is 1. The molecule has 152 valence electrons. The summed E-state index contributed by atoms with van der Waals surface area (Å²) >= 11 is 0. The summed E-state index contributed by atoms with van der Waals surface area (Å²) in [4.78, 5) is 0.673. The van der Waals surface area contributed by atoms with Gasteiger partial charge in [-0.15, -0.1) is 0 Å². The highest BCUT2D eigenvalue weighted by molar-refractivity contribution is 7.92. The van der Waals surface area contributed by atoms with Gasteiger partial charge < -0.3 is 0 Å². The molecule has 0 aromatic heterocycles. The molecule has 1 aliphatic heterocycles. The van der Waals surface area contributed by atoms with Crippen LogP contribution in [0.5, 0.6) is 0 Å². The van der Waals surface area contributed by atoms with E-state index in [0.29, 0.717) is 22.6 Å². The lowest BCUT2D eigenvalue weighted by atomic mass is 10.0. The molecule has 3 rings (SSSR count). The fourth-order valence-corrected chi connectivity index (χ4v) is 7.68. The Balaban J connectivity index is 1.86. The smallest absolute Gasteiger partial charge is 0.223 e. The van der Waals surface area contributed by atoms with Gasteiger partial charge in [-0.1, -0.05) is 24.3 Å². The zero-order valence-electron chi connectivity index (χ0n) is 16.8. The maximum Gasteiger partial charge on any atom is 0.243 e. The Bertz CT molecular complexity index is 1060. The van der Waals surface area contributed by atoms with Crippen molar-refractivity contribution in [2.24, 2.45) is 0 Å². The summed E-state index contributed by atoms with van der Waals surface area (Å²) in [5.74, 6) is 0. The van der Waals surface area contributed by atoms with Crippen molar-refractivity contribution in [2.75, 3.05) is 13.1 Å². The van der Waals surface area contributed by atoms with Crippen molar-refractivity contribution in [1.29, 1.82) is 0 Å². The lowest BCUT2D eigenvalue weighted by Gasteiger charge is -2.32.